The van der Waals surface area contributed by atoms with E-state index < -0.39 is 0 Å². The van der Waals surface area contributed by atoms with Crippen molar-refractivity contribution in [1.29, 1.82) is 0 Å². The Kier molecular flexibility index (Phi) is 5.46. The van der Waals surface area contributed by atoms with Crippen LogP contribution in [0.4, 0.5) is 10.6 Å². The Morgan fingerprint density at radius 1 is 1.08 bits per heavy atom. The average molecular weight is 354 g/mol. The van der Waals surface area contributed by atoms with Crippen LogP contribution in [0.2, 0.25) is 0 Å². The predicted molar refractivity (Wildman–Crippen MR) is 97.5 cm³/mol. The summed E-state index contributed by atoms with van der Waals surface area (Å²) in [6, 6.07) is 8.96. The fourth-order valence-electron chi connectivity index (χ4n) is 3.05. The lowest BCUT2D eigenvalue weighted by Crippen LogP contribution is -2.35. The zero-order valence-corrected chi connectivity index (χ0v) is 15.0. The molecule has 0 unspecified atom stereocenters. The number of hydrogen-bond acceptors (Lipinski definition) is 6. The van der Waals surface area contributed by atoms with E-state index >= 15 is 0 Å². The third-order valence-electron chi connectivity index (χ3n) is 4.47. The van der Waals surface area contributed by atoms with E-state index in [1.165, 1.54) is 7.11 Å². The van der Waals surface area contributed by atoms with E-state index in [1.54, 1.807) is 29.3 Å². The fourth-order valence-corrected chi connectivity index (χ4v) is 3.05. The van der Waals surface area contributed by atoms with Crippen LogP contribution in [0.1, 0.15) is 28.2 Å². The van der Waals surface area contributed by atoms with E-state index in [-0.39, 0.29) is 11.9 Å². The molecule has 1 saturated heterocycles. The molecule has 3 heterocycles. The summed E-state index contributed by atoms with van der Waals surface area (Å²) < 4.78 is 4.80. The van der Waals surface area contributed by atoms with Gasteiger partial charge in [-0.05, 0) is 37.6 Å². The molecule has 0 radical (unpaired) electrons. The number of carbonyl (C=O) groups is 2. The van der Waals surface area contributed by atoms with E-state index in [2.05, 4.69) is 14.9 Å². The van der Waals surface area contributed by atoms with E-state index in [9.17, 15) is 9.59 Å². The van der Waals surface area contributed by atoms with Crippen LogP contribution >= 0.6 is 0 Å². The van der Waals surface area contributed by atoms with Crippen molar-refractivity contribution >= 4 is 17.7 Å². The lowest BCUT2D eigenvalue weighted by atomic mass is 10.1. The molecule has 0 N–H and O–H groups in total. The Balaban J connectivity index is 1.78. The summed E-state index contributed by atoms with van der Waals surface area (Å²) in [6.45, 7) is 4.44. The first kappa shape index (κ1) is 17.8. The summed E-state index contributed by atoms with van der Waals surface area (Å²) in [5, 5.41) is 0. The van der Waals surface area contributed by atoms with Gasteiger partial charge in [0.1, 0.15) is 11.5 Å². The van der Waals surface area contributed by atoms with Gasteiger partial charge in [0, 0.05) is 43.6 Å². The zero-order valence-electron chi connectivity index (χ0n) is 15.0. The van der Waals surface area contributed by atoms with Crippen LogP contribution in [0.25, 0.3) is 0 Å². The van der Waals surface area contributed by atoms with Gasteiger partial charge in [-0.15, -0.1) is 0 Å². The minimum absolute atomic E-state index is 0.136. The lowest BCUT2D eigenvalue weighted by Gasteiger charge is -2.22. The molecular weight excluding hydrogens is 332 g/mol. The molecule has 3 rings (SSSR count). The molecule has 26 heavy (non-hydrogen) atoms. The van der Waals surface area contributed by atoms with E-state index in [4.69, 9.17) is 4.74 Å². The van der Waals surface area contributed by atoms with E-state index in [1.807, 2.05) is 19.1 Å². The molecule has 2 aromatic heterocycles. The quantitative estimate of drug-likeness (QED) is 0.787. The molecule has 7 heteroatoms. The molecule has 0 aromatic carbocycles. The number of hydrogen-bond donors (Lipinski definition) is 0. The monoisotopic (exact) mass is 354 g/mol. The van der Waals surface area contributed by atoms with Crippen LogP contribution < -0.4 is 4.90 Å². The van der Waals surface area contributed by atoms with Gasteiger partial charge in [0.15, 0.2) is 0 Å². The first-order valence-electron chi connectivity index (χ1n) is 8.61. The molecule has 1 fully saturated rings. The van der Waals surface area contributed by atoms with Crippen LogP contribution in [0.15, 0.2) is 36.5 Å². The van der Waals surface area contributed by atoms with Crippen molar-refractivity contribution in [2.45, 2.75) is 13.3 Å². The van der Waals surface area contributed by atoms with Gasteiger partial charge in [0.05, 0.1) is 7.11 Å². The topological polar surface area (TPSA) is 75.6 Å². The van der Waals surface area contributed by atoms with Crippen molar-refractivity contribution in [3.05, 3.63) is 53.5 Å². The van der Waals surface area contributed by atoms with Gasteiger partial charge in [-0.3, -0.25) is 9.78 Å². The van der Waals surface area contributed by atoms with Crippen LogP contribution in [0, 0.1) is 6.92 Å². The number of rotatable bonds is 3. The summed E-state index contributed by atoms with van der Waals surface area (Å²) in [7, 11) is 1.39. The number of nitrogens with zero attached hydrogens (tertiary/aromatic N) is 4. The molecule has 0 spiro atoms. The first-order valence-corrected chi connectivity index (χ1v) is 8.61. The van der Waals surface area contributed by atoms with Crippen molar-refractivity contribution in [2.75, 3.05) is 38.2 Å². The number of aromatic nitrogens is 2. The van der Waals surface area contributed by atoms with Crippen molar-refractivity contribution in [3.8, 4) is 0 Å². The second-order valence-electron chi connectivity index (χ2n) is 6.14. The van der Waals surface area contributed by atoms with Crippen LogP contribution in [-0.4, -0.2) is 60.0 Å². The number of amides is 1. The smallest absolute Gasteiger partial charge is 0.409 e. The Bertz CT molecular complexity index is 809. The summed E-state index contributed by atoms with van der Waals surface area (Å²) in [5.74, 6) is 0.604. The minimum Gasteiger partial charge on any atom is -0.453 e. The number of anilines is 1. The number of pyridine rings is 2. The molecule has 136 valence electrons. The predicted octanol–water partition coefficient (Wildman–Crippen LogP) is 2.29. The number of ether oxygens (including phenoxy) is 1. The number of ketones is 1. The summed E-state index contributed by atoms with van der Waals surface area (Å²) in [6.07, 6.45) is 2.17. The van der Waals surface area contributed by atoms with Crippen LogP contribution in [0.5, 0.6) is 0 Å². The van der Waals surface area contributed by atoms with Crippen LogP contribution in [0.3, 0.4) is 0 Å². The molecule has 0 aliphatic carbocycles. The summed E-state index contributed by atoms with van der Waals surface area (Å²) >= 11 is 0. The lowest BCUT2D eigenvalue weighted by molar-refractivity contribution is 0.103. The fraction of sp³-hybridized carbons (Fsp3) is 0.368. The first-order chi connectivity index (χ1) is 12.6. The van der Waals surface area contributed by atoms with Gasteiger partial charge in [-0.25, -0.2) is 9.78 Å². The third kappa shape index (κ3) is 3.82. The highest BCUT2D eigenvalue weighted by molar-refractivity contribution is 6.08. The SMILES string of the molecule is COC(=O)N1CCCN(c2cccc(C(=O)c3cccnc3C)n2)CC1. The molecule has 1 aliphatic heterocycles. The van der Waals surface area contributed by atoms with Crippen LogP contribution in [-0.2, 0) is 4.74 Å². The van der Waals surface area contributed by atoms with Crippen molar-refractivity contribution in [2.24, 2.45) is 0 Å². The molecule has 1 amide bonds. The Morgan fingerprint density at radius 2 is 1.92 bits per heavy atom. The molecule has 2 aromatic rings. The maximum Gasteiger partial charge on any atom is 0.409 e. The summed E-state index contributed by atoms with van der Waals surface area (Å²) in [5.41, 5.74) is 1.64. The second kappa shape index (κ2) is 7.95. The number of methoxy groups -OCH3 is 1. The van der Waals surface area contributed by atoms with Gasteiger partial charge in [-0.2, -0.15) is 0 Å². The van der Waals surface area contributed by atoms with Gasteiger partial charge in [0.2, 0.25) is 5.78 Å². The molecule has 1 aliphatic rings. The molecular formula is C19H22N4O3. The zero-order chi connectivity index (χ0) is 18.5. The standard InChI is InChI=1S/C19H22N4O3/c1-14-15(6-4-9-20-14)18(24)16-7-3-8-17(21-16)22-10-5-11-23(13-12-22)19(25)26-2/h3-4,6-9H,5,10-13H2,1-2H3. The third-order valence-corrected chi connectivity index (χ3v) is 4.47. The maximum atomic E-state index is 12.8. The number of aryl methyl sites for hydroxylation is 1. The molecule has 0 bridgehead atoms. The second-order valence-corrected chi connectivity index (χ2v) is 6.14. The highest BCUT2D eigenvalue weighted by Crippen LogP contribution is 2.17. The van der Waals surface area contributed by atoms with Crippen molar-refractivity contribution in [1.82, 2.24) is 14.9 Å². The highest BCUT2D eigenvalue weighted by Gasteiger charge is 2.21. The van der Waals surface area contributed by atoms with Crippen molar-refractivity contribution < 1.29 is 14.3 Å². The Labute approximate surface area is 152 Å². The van der Waals surface area contributed by atoms with E-state index in [0.29, 0.717) is 36.6 Å². The molecule has 7 nitrogen and oxygen atoms in total. The maximum absolute atomic E-state index is 12.8. The Hall–Kier alpha value is -2.96. The van der Waals surface area contributed by atoms with Crippen molar-refractivity contribution in [3.63, 3.8) is 0 Å². The molecule has 0 saturated carbocycles. The summed E-state index contributed by atoms with van der Waals surface area (Å²) in [4.78, 5) is 37.0. The molecule has 0 atom stereocenters. The van der Waals surface area contributed by atoms with Gasteiger partial charge in [-0.1, -0.05) is 6.07 Å². The highest BCUT2D eigenvalue weighted by atomic mass is 16.5. The number of carbonyl (C=O) groups excluding carboxylic acids is 2. The van der Waals surface area contributed by atoms with E-state index in [0.717, 1.165) is 18.8 Å². The van der Waals surface area contributed by atoms with Gasteiger partial charge >= 0.3 is 6.09 Å². The Morgan fingerprint density at radius 3 is 2.69 bits per heavy atom. The average Bonchev–Trinajstić information content (AvgIpc) is 2.93. The normalized spacial score (nSPS) is 14.7. The largest absolute Gasteiger partial charge is 0.453 e. The van der Waals surface area contributed by atoms with Gasteiger partial charge < -0.3 is 14.5 Å². The minimum atomic E-state index is -0.309. The van der Waals surface area contributed by atoms with Gasteiger partial charge in [0.25, 0.3) is 0 Å².